The average Bonchev–Trinajstić information content (AvgIpc) is 2.49. The Morgan fingerprint density at radius 3 is 2.67 bits per heavy atom. The second-order valence-corrected chi connectivity index (χ2v) is 5.41. The monoisotopic (exact) mass is 262 g/mol. The Morgan fingerprint density at radius 2 is 2.27 bits per heavy atom. The molecule has 86 valence electrons. The van der Waals surface area contributed by atoms with Gasteiger partial charge < -0.3 is 4.89 Å². The largest absolute Gasteiger partial charge is 0.375 e. The second kappa shape index (κ2) is 3.81. The predicted molar refractivity (Wildman–Crippen MR) is 48.5 cm³/mol. The Kier molecular flexibility index (Phi) is 3.19. The van der Waals surface area contributed by atoms with Crippen molar-refractivity contribution in [2.75, 3.05) is 6.66 Å². The molecular formula is C6H7ClF3N2O2P. The van der Waals surface area contributed by atoms with Crippen molar-refractivity contribution in [3.63, 3.8) is 0 Å². The van der Waals surface area contributed by atoms with Crippen LogP contribution in [0.5, 0.6) is 0 Å². The Morgan fingerprint density at radius 1 is 1.73 bits per heavy atom. The van der Waals surface area contributed by atoms with Gasteiger partial charge in [-0.15, -0.1) is 0 Å². The minimum Gasteiger partial charge on any atom is -0.339 e. The van der Waals surface area contributed by atoms with E-state index in [1.807, 2.05) is 0 Å². The standard InChI is InChI=1S/C6H7ClF3N2O2P/c1-15(13,14)5-11-2-3-12(5)6(9,10)4(7)8/h2-4H,1H3,(H,13,14). The smallest absolute Gasteiger partial charge is 0.339 e. The molecule has 1 aromatic heterocycles. The quantitative estimate of drug-likeness (QED) is 0.663. The number of alkyl halides is 4. The highest BCUT2D eigenvalue weighted by Crippen LogP contribution is 2.37. The zero-order valence-corrected chi connectivity index (χ0v) is 9.09. The highest BCUT2D eigenvalue weighted by atomic mass is 35.5. The van der Waals surface area contributed by atoms with Crippen molar-refractivity contribution < 1.29 is 22.6 Å². The van der Waals surface area contributed by atoms with Crippen LogP contribution in [0.2, 0.25) is 0 Å². The van der Waals surface area contributed by atoms with Crippen molar-refractivity contribution in [3.8, 4) is 0 Å². The van der Waals surface area contributed by atoms with Crippen molar-refractivity contribution in [3.05, 3.63) is 12.4 Å². The molecule has 0 aliphatic heterocycles. The molecule has 0 bridgehead atoms. The molecule has 1 N–H and O–H groups in total. The summed E-state index contributed by atoms with van der Waals surface area (Å²) >= 11 is 4.65. The molecule has 0 radical (unpaired) electrons. The summed E-state index contributed by atoms with van der Waals surface area (Å²) in [5, 5.41) is 0. The van der Waals surface area contributed by atoms with E-state index in [1.54, 1.807) is 0 Å². The normalized spacial score (nSPS) is 18.5. The fourth-order valence-corrected chi connectivity index (χ4v) is 1.93. The number of hydrogen-bond donors (Lipinski definition) is 1. The minimum absolute atomic E-state index is 0.0363. The lowest BCUT2D eigenvalue weighted by atomic mass is 10.6. The summed E-state index contributed by atoms with van der Waals surface area (Å²) < 4.78 is 49.7. The van der Waals surface area contributed by atoms with Crippen LogP contribution in [0.1, 0.15) is 0 Å². The first-order chi connectivity index (χ1) is 6.67. The van der Waals surface area contributed by atoms with Gasteiger partial charge in [-0.3, -0.25) is 9.13 Å². The molecule has 4 nitrogen and oxygen atoms in total. The van der Waals surface area contributed by atoms with E-state index in [4.69, 9.17) is 4.89 Å². The molecule has 0 aliphatic rings. The first kappa shape index (κ1) is 12.5. The Hall–Kier alpha value is -0.520. The lowest BCUT2D eigenvalue weighted by Gasteiger charge is -2.20. The highest BCUT2D eigenvalue weighted by Gasteiger charge is 2.44. The molecule has 1 aromatic rings. The van der Waals surface area contributed by atoms with Gasteiger partial charge in [-0.25, -0.2) is 9.37 Å². The molecule has 0 amide bonds. The van der Waals surface area contributed by atoms with E-state index >= 15 is 0 Å². The molecule has 2 unspecified atom stereocenters. The SMILES string of the molecule is CP(=O)(O)c1nccn1C(F)(F)C(F)Cl. The van der Waals surface area contributed by atoms with Crippen molar-refractivity contribution >= 4 is 24.5 Å². The third-order valence-electron chi connectivity index (χ3n) is 1.58. The molecule has 15 heavy (non-hydrogen) atoms. The van der Waals surface area contributed by atoms with Crippen LogP contribution in [-0.2, 0) is 10.6 Å². The first-order valence-corrected chi connectivity index (χ1v) is 6.22. The molecular weight excluding hydrogens is 255 g/mol. The van der Waals surface area contributed by atoms with Gasteiger partial charge in [-0.05, 0) is 0 Å². The summed E-state index contributed by atoms with van der Waals surface area (Å²) in [6.45, 7) is 0.823. The molecule has 0 spiro atoms. The van der Waals surface area contributed by atoms with E-state index in [-0.39, 0.29) is 4.57 Å². The molecule has 0 aliphatic carbocycles. The molecule has 0 saturated carbocycles. The van der Waals surface area contributed by atoms with Crippen LogP contribution in [0.4, 0.5) is 13.2 Å². The maximum absolute atomic E-state index is 13.1. The lowest BCUT2D eigenvalue weighted by Crippen LogP contribution is -2.37. The van der Waals surface area contributed by atoms with Crippen LogP contribution in [0, 0.1) is 0 Å². The number of halogens is 4. The van der Waals surface area contributed by atoms with E-state index in [0.29, 0.717) is 6.20 Å². The Labute approximate surface area is 88.1 Å². The van der Waals surface area contributed by atoms with Gasteiger partial charge in [0.2, 0.25) is 0 Å². The maximum atomic E-state index is 13.1. The topological polar surface area (TPSA) is 55.1 Å². The minimum atomic E-state index is -4.11. The number of rotatable bonds is 3. The first-order valence-electron chi connectivity index (χ1n) is 3.68. The third-order valence-corrected chi connectivity index (χ3v) is 2.91. The molecule has 1 rings (SSSR count). The molecule has 1 heterocycles. The van der Waals surface area contributed by atoms with E-state index in [1.165, 1.54) is 0 Å². The van der Waals surface area contributed by atoms with Gasteiger partial charge in [0.05, 0.1) is 0 Å². The lowest BCUT2D eigenvalue weighted by molar-refractivity contribution is -0.113. The summed E-state index contributed by atoms with van der Waals surface area (Å²) in [5.74, 6) is 0. The van der Waals surface area contributed by atoms with Gasteiger partial charge >= 0.3 is 6.05 Å². The molecule has 0 aromatic carbocycles. The molecule has 0 saturated heterocycles. The summed E-state index contributed by atoms with van der Waals surface area (Å²) in [6, 6.07) is -4.11. The highest BCUT2D eigenvalue weighted by molar-refractivity contribution is 7.64. The van der Waals surface area contributed by atoms with Gasteiger partial charge in [0, 0.05) is 19.1 Å². The fourth-order valence-electron chi connectivity index (χ4n) is 0.940. The van der Waals surface area contributed by atoms with Gasteiger partial charge in [0.15, 0.2) is 5.57 Å². The van der Waals surface area contributed by atoms with Gasteiger partial charge in [-0.2, -0.15) is 8.78 Å². The van der Waals surface area contributed by atoms with Gasteiger partial charge in [-0.1, -0.05) is 11.6 Å². The zero-order valence-electron chi connectivity index (χ0n) is 7.44. The molecule has 9 heteroatoms. The number of nitrogens with zero attached hydrogens (tertiary/aromatic N) is 2. The van der Waals surface area contributed by atoms with Crippen LogP contribution < -0.4 is 5.57 Å². The molecule has 2 atom stereocenters. The summed E-state index contributed by atoms with van der Waals surface area (Å²) in [4.78, 5) is 12.4. The van der Waals surface area contributed by atoms with Crippen molar-refractivity contribution in [2.24, 2.45) is 0 Å². The van der Waals surface area contributed by atoms with E-state index in [0.717, 1.165) is 12.9 Å². The number of aromatic nitrogens is 2. The summed E-state index contributed by atoms with van der Waals surface area (Å²) in [7, 11) is -4.00. The zero-order chi connectivity index (χ0) is 11.9. The van der Waals surface area contributed by atoms with E-state index < -0.39 is 24.6 Å². The maximum Gasteiger partial charge on any atom is 0.375 e. The fraction of sp³-hybridized carbons (Fsp3) is 0.500. The Balaban J connectivity index is 3.28. The van der Waals surface area contributed by atoms with Crippen LogP contribution in [-0.4, -0.2) is 26.7 Å². The van der Waals surface area contributed by atoms with E-state index in [9.17, 15) is 17.7 Å². The van der Waals surface area contributed by atoms with E-state index in [2.05, 4.69) is 16.6 Å². The van der Waals surface area contributed by atoms with Crippen LogP contribution >= 0.6 is 19.0 Å². The summed E-state index contributed by atoms with van der Waals surface area (Å²) in [6.07, 6.45) is 1.56. The van der Waals surface area contributed by atoms with Gasteiger partial charge in [0.1, 0.15) is 0 Å². The van der Waals surface area contributed by atoms with Crippen molar-refractivity contribution in [1.82, 2.24) is 9.55 Å². The van der Waals surface area contributed by atoms with Crippen LogP contribution in [0.3, 0.4) is 0 Å². The average molecular weight is 263 g/mol. The summed E-state index contributed by atoms with van der Waals surface area (Å²) in [5.41, 5.74) is -3.80. The third kappa shape index (κ3) is 2.35. The van der Waals surface area contributed by atoms with Crippen LogP contribution in [0.15, 0.2) is 12.4 Å². The predicted octanol–water partition coefficient (Wildman–Crippen LogP) is 1.49. The Bertz CT molecular complexity index is 403. The number of imidazole rings is 1. The van der Waals surface area contributed by atoms with Crippen LogP contribution in [0.25, 0.3) is 0 Å². The van der Waals surface area contributed by atoms with Gasteiger partial charge in [0.25, 0.3) is 13.0 Å². The molecule has 0 fully saturated rings. The second-order valence-electron chi connectivity index (χ2n) is 2.86. The van der Waals surface area contributed by atoms with Crippen molar-refractivity contribution in [2.45, 2.75) is 11.7 Å². The number of hydrogen-bond acceptors (Lipinski definition) is 2. The van der Waals surface area contributed by atoms with Crippen molar-refractivity contribution in [1.29, 1.82) is 0 Å².